The Morgan fingerprint density at radius 2 is 2.04 bits per heavy atom. The molecule has 1 unspecified atom stereocenters. The van der Waals surface area contributed by atoms with Gasteiger partial charge in [0.05, 0.1) is 4.90 Å². The van der Waals surface area contributed by atoms with E-state index in [9.17, 15) is 13.2 Å². The molecule has 1 atom stereocenters. The Hall–Kier alpha value is -2.93. The number of carbonyl (C=O) groups excluding carboxylic acids is 1. The summed E-state index contributed by atoms with van der Waals surface area (Å²) in [6.45, 7) is 1.84. The van der Waals surface area contributed by atoms with Crippen LogP contribution in [0.1, 0.15) is 12.5 Å². The molecule has 1 amide bonds. The molecule has 0 bridgehead atoms. The Bertz CT molecular complexity index is 950. The van der Waals surface area contributed by atoms with Gasteiger partial charge in [0, 0.05) is 18.8 Å². The molecule has 0 aliphatic heterocycles. The number of rotatable bonds is 7. The Balaban J connectivity index is 2.38. The monoisotopic (exact) mass is 389 g/mol. The number of hydroxylamine groups is 1. The third-order valence-electron chi connectivity index (χ3n) is 3.78. The number of amides is 1. The Morgan fingerprint density at radius 3 is 2.59 bits per heavy atom. The van der Waals surface area contributed by atoms with E-state index in [-0.39, 0.29) is 17.9 Å². The third kappa shape index (κ3) is 4.43. The molecule has 2 rings (SSSR count). The van der Waals surface area contributed by atoms with Crippen molar-refractivity contribution in [1.82, 2.24) is 10.5 Å². The smallest absolute Gasteiger partial charge is 0.279 e. The van der Waals surface area contributed by atoms with Crippen molar-refractivity contribution in [1.29, 1.82) is 0 Å². The minimum atomic E-state index is -4.36. The molecule has 0 aliphatic rings. The lowest BCUT2D eigenvalue weighted by molar-refractivity contribution is -0.131. The van der Waals surface area contributed by atoms with Gasteiger partial charge < -0.3 is 10.5 Å². The molecule has 0 spiro atoms. The van der Waals surface area contributed by atoms with Gasteiger partial charge in [0.1, 0.15) is 12.4 Å². The molecular weight excluding hydrogens is 370 g/mol. The molecule has 1 heterocycles. The summed E-state index contributed by atoms with van der Waals surface area (Å²) >= 11 is 0. The van der Waals surface area contributed by atoms with Crippen molar-refractivity contribution in [3.63, 3.8) is 0 Å². The highest BCUT2D eigenvalue weighted by molar-refractivity contribution is 7.93. The van der Waals surface area contributed by atoms with Gasteiger partial charge in [0.2, 0.25) is 14.7 Å². The van der Waals surface area contributed by atoms with Crippen LogP contribution in [0.5, 0.6) is 5.75 Å². The van der Waals surface area contributed by atoms with Crippen LogP contribution < -0.4 is 16.0 Å². The molecule has 0 saturated heterocycles. The normalized spacial score (nSPS) is 13.0. The highest BCUT2D eigenvalue weighted by Gasteiger charge is 2.48. The van der Waals surface area contributed by atoms with Crippen LogP contribution in [0, 0.1) is 11.8 Å². The van der Waals surface area contributed by atoms with Gasteiger partial charge in [-0.1, -0.05) is 12.0 Å². The number of hydrogen-bond donors (Lipinski definition) is 3. The van der Waals surface area contributed by atoms with Gasteiger partial charge in [0.15, 0.2) is 0 Å². The summed E-state index contributed by atoms with van der Waals surface area (Å²) in [5.41, 5.74) is 7.76. The predicted octanol–water partition coefficient (Wildman–Crippen LogP) is 0.661. The fourth-order valence-electron chi connectivity index (χ4n) is 2.31. The number of nitrogens with zero attached hydrogens (tertiary/aromatic N) is 1. The summed E-state index contributed by atoms with van der Waals surface area (Å²) in [5.74, 6) is 4.56. The van der Waals surface area contributed by atoms with Crippen LogP contribution >= 0.6 is 0 Å². The van der Waals surface area contributed by atoms with Gasteiger partial charge in [-0.25, -0.2) is 13.9 Å². The van der Waals surface area contributed by atoms with Crippen molar-refractivity contribution in [3.8, 4) is 17.6 Å². The van der Waals surface area contributed by atoms with Crippen molar-refractivity contribution in [2.45, 2.75) is 23.1 Å². The molecule has 9 heteroatoms. The van der Waals surface area contributed by atoms with Gasteiger partial charge in [0.25, 0.3) is 5.91 Å². The number of carbonyl (C=O) groups is 1. The fraction of sp³-hybridized carbons (Fsp3) is 0.222. The average molecular weight is 389 g/mol. The highest BCUT2D eigenvalue weighted by atomic mass is 32.2. The van der Waals surface area contributed by atoms with Crippen molar-refractivity contribution in [3.05, 3.63) is 54.4 Å². The minimum absolute atomic E-state index is 0.164. The first kappa shape index (κ1) is 20.4. The van der Waals surface area contributed by atoms with Gasteiger partial charge in [-0.3, -0.25) is 15.0 Å². The van der Waals surface area contributed by atoms with Crippen LogP contribution in [-0.4, -0.2) is 36.0 Å². The van der Waals surface area contributed by atoms with E-state index in [2.05, 4.69) is 16.8 Å². The molecule has 2 aromatic rings. The predicted molar refractivity (Wildman–Crippen MR) is 97.4 cm³/mol. The maximum absolute atomic E-state index is 13.0. The van der Waals surface area contributed by atoms with E-state index in [1.807, 2.05) is 0 Å². The topological polar surface area (TPSA) is 132 Å². The van der Waals surface area contributed by atoms with E-state index in [0.717, 1.165) is 0 Å². The molecule has 0 radical (unpaired) electrons. The zero-order chi connectivity index (χ0) is 19.9. The number of nitrogens with one attached hydrogen (secondary N) is 1. The van der Waals surface area contributed by atoms with Gasteiger partial charge in [-0.15, -0.1) is 5.92 Å². The zero-order valence-corrected chi connectivity index (χ0v) is 15.4. The molecule has 27 heavy (non-hydrogen) atoms. The number of sulfone groups is 1. The second-order valence-corrected chi connectivity index (χ2v) is 7.77. The fourth-order valence-corrected chi connectivity index (χ4v) is 3.88. The first-order chi connectivity index (χ1) is 12.8. The summed E-state index contributed by atoms with van der Waals surface area (Å²) in [7, 11) is -4.36. The van der Waals surface area contributed by atoms with Gasteiger partial charge in [-0.2, -0.15) is 0 Å². The van der Waals surface area contributed by atoms with Gasteiger partial charge >= 0.3 is 0 Å². The number of benzene rings is 1. The van der Waals surface area contributed by atoms with E-state index in [1.54, 1.807) is 19.1 Å². The van der Waals surface area contributed by atoms with E-state index in [0.29, 0.717) is 11.3 Å². The number of ether oxygens (including phenoxy) is 1. The number of hydrogen-bond acceptors (Lipinski definition) is 7. The van der Waals surface area contributed by atoms with Crippen molar-refractivity contribution < 1.29 is 23.2 Å². The maximum Gasteiger partial charge on any atom is 0.279 e. The molecule has 4 N–H and O–H groups in total. The summed E-state index contributed by atoms with van der Waals surface area (Å²) < 4.78 is 31.4. The molecule has 0 saturated carbocycles. The average Bonchev–Trinajstić information content (AvgIpc) is 2.68. The molecule has 0 aliphatic carbocycles. The summed E-state index contributed by atoms with van der Waals surface area (Å²) in [4.78, 5) is 13.4. The van der Waals surface area contributed by atoms with Crippen LogP contribution in [0.15, 0.2) is 53.7 Å². The van der Waals surface area contributed by atoms with Crippen LogP contribution in [-0.2, 0) is 21.1 Å². The minimum Gasteiger partial charge on any atom is -0.481 e. The van der Waals surface area contributed by atoms with Crippen molar-refractivity contribution >= 4 is 15.7 Å². The molecular formula is C18H19N3O5S. The highest BCUT2D eigenvalue weighted by Crippen LogP contribution is 2.27. The molecule has 8 nitrogen and oxygen atoms in total. The van der Waals surface area contributed by atoms with E-state index >= 15 is 0 Å². The van der Waals surface area contributed by atoms with E-state index < -0.39 is 20.6 Å². The third-order valence-corrected chi connectivity index (χ3v) is 5.96. The lowest BCUT2D eigenvalue weighted by Crippen LogP contribution is -2.60. The summed E-state index contributed by atoms with van der Waals surface area (Å²) in [6.07, 6.45) is 2.53. The summed E-state index contributed by atoms with van der Waals surface area (Å²) in [6, 6.07) is 8.60. The second kappa shape index (κ2) is 8.64. The van der Waals surface area contributed by atoms with Crippen molar-refractivity contribution in [2.75, 3.05) is 6.61 Å². The van der Waals surface area contributed by atoms with Crippen LogP contribution in [0.2, 0.25) is 0 Å². The number of nitrogens with two attached hydrogens (primary N) is 1. The summed E-state index contributed by atoms with van der Waals surface area (Å²) in [5, 5.41) is 9.03. The lowest BCUT2D eigenvalue weighted by Gasteiger charge is -2.27. The lowest BCUT2D eigenvalue weighted by atomic mass is 10.1. The largest absolute Gasteiger partial charge is 0.481 e. The standard InChI is InChI=1S/C18H19N3O5S/c1-2-3-11-26-15-6-8-16(9-7-15)27(24,25)18(19,17(22)21-23)12-14-5-4-10-20-13-14/h4-10,13,23H,11-12,19H2,1H3,(H,21,22). The van der Waals surface area contributed by atoms with Crippen LogP contribution in [0.25, 0.3) is 0 Å². The van der Waals surface area contributed by atoms with Crippen LogP contribution in [0.4, 0.5) is 0 Å². The first-order valence-corrected chi connectivity index (χ1v) is 9.33. The van der Waals surface area contributed by atoms with E-state index in [4.69, 9.17) is 15.7 Å². The quantitative estimate of drug-likeness (QED) is 0.360. The van der Waals surface area contributed by atoms with Crippen molar-refractivity contribution in [2.24, 2.45) is 5.73 Å². The van der Waals surface area contributed by atoms with E-state index in [1.165, 1.54) is 42.1 Å². The van der Waals surface area contributed by atoms with Gasteiger partial charge in [-0.05, 0) is 42.8 Å². The molecule has 1 aromatic carbocycles. The first-order valence-electron chi connectivity index (χ1n) is 7.84. The molecule has 1 aromatic heterocycles. The number of pyridine rings is 1. The van der Waals surface area contributed by atoms with Crippen LogP contribution in [0.3, 0.4) is 0 Å². The Labute approximate surface area is 157 Å². The maximum atomic E-state index is 13.0. The Kier molecular flexibility index (Phi) is 6.52. The molecule has 142 valence electrons. The number of aromatic nitrogens is 1. The molecule has 0 fully saturated rings. The SMILES string of the molecule is CC#CCOc1ccc(S(=O)(=O)C(N)(Cc2cccnc2)C(=O)NO)cc1. The zero-order valence-electron chi connectivity index (χ0n) is 14.5. The Morgan fingerprint density at radius 1 is 1.33 bits per heavy atom. The second-order valence-electron chi connectivity index (χ2n) is 5.56.